The fraction of sp³-hybridized carbons (Fsp3) is 0.350. The van der Waals surface area contributed by atoms with E-state index in [0.29, 0.717) is 0 Å². The Morgan fingerprint density at radius 1 is 1.24 bits per heavy atom. The van der Waals surface area contributed by atoms with E-state index in [9.17, 15) is 0 Å². The quantitative estimate of drug-likeness (QED) is 0.437. The number of para-hydroxylation sites is 1. The number of ether oxygens (including phenoxy) is 1. The molecule has 0 fully saturated rings. The summed E-state index contributed by atoms with van der Waals surface area (Å²) >= 11 is 0. The lowest BCUT2D eigenvalue weighted by molar-refractivity contribution is 0.411. The average Bonchev–Trinajstić information content (AvgIpc) is 3.04. The number of nitrogens with zero attached hydrogens (tertiary/aromatic N) is 2. The van der Waals surface area contributed by atoms with E-state index < -0.39 is 0 Å². The number of aryl methyl sites for hydroxylation is 1. The van der Waals surface area contributed by atoms with Crippen LogP contribution in [0.15, 0.2) is 47.5 Å². The second kappa shape index (κ2) is 9.08. The van der Waals surface area contributed by atoms with Gasteiger partial charge in [0.1, 0.15) is 5.75 Å². The van der Waals surface area contributed by atoms with Crippen molar-refractivity contribution < 1.29 is 4.74 Å². The smallest absolute Gasteiger partial charge is 0.198 e. The van der Waals surface area contributed by atoms with Gasteiger partial charge in [-0.15, -0.1) is 24.0 Å². The highest BCUT2D eigenvalue weighted by atomic mass is 127. The van der Waals surface area contributed by atoms with Crippen LogP contribution in [0, 0.1) is 6.92 Å². The Balaban J connectivity index is 0.00000225. The summed E-state index contributed by atoms with van der Waals surface area (Å²) in [6, 6.07) is 14.9. The molecule has 0 radical (unpaired) electrons. The molecule has 0 aliphatic carbocycles. The summed E-state index contributed by atoms with van der Waals surface area (Å²) in [4.78, 5) is 6.72. The molecule has 2 aromatic rings. The second-order valence-electron chi connectivity index (χ2n) is 6.06. The predicted octanol–water partition coefficient (Wildman–Crippen LogP) is 3.80. The van der Waals surface area contributed by atoms with Crippen molar-refractivity contribution in [1.82, 2.24) is 5.32 Å². The van der Waals surface area contributed by atoms with E-state index in [-0.39, 0.29) is 24.0 Å². The first kappa shape index (κ1) is 19.6. The summed E-state index contributed by atoms with van der Waals surface area (Å²) < 4.78 is 5.40. The molecule has 4 nitrogen and oxygen atoms in total. The molecule has 1 heterocycles. The number of halogens is 1. The molecule has 0 saturated heterocycles. The van der Waals surface area contributed by atoms with Gasteiger partial charge in [0, 0.05) is 25.8 Å². The molecular weight excluding hydrogens is 425 g/mol. The first-order chi connectivity index (χ1) is 11.7. The fourth-order valence-corrected chi connectivity index (χ4v) is 3.19. The van der Waals surface area contributed by atoms with E-state index in [0.717, 1.165) is 37.6 Å². The number of benzene rings is 2. The number of hydrogen-bond donors (Lipinski definition) is 1. The molecule has 0 bridgehead atoms. The Kier molecular flexibility index (Phi) is 7.11. The molecule has 25 heavy (non-hydrogen) atoms. The molecule has 5 heteroatoms. The lowest BCUT2D eigenvalue weighted by Crippen LogP contribution is -2.41. The van der Waals surface area contributed by atoms with Gasteiger partial charge in [-0.3, -0.25) is 4.99 Å². The SMILES string of the molecule is CN=C(NCCc1ccc(C)c(OC)c1)N1CCc2ccccc21.I. The van der Waals surface area contributed by atoms with Crippen LogP contribution < -0.4 is 15.0 Å². The Bertz CT molecular complexity index is 745. The van der Waals surface area contributed by atoms with E-state index in [4.69, 9.17) is 4.74 Å². The van der Waals surface area contributed by atoms with Gasteiger partial charge in [-0.1, -0.05) is 30.3 Å². The molecule has 134 valence electrons. The van der Waals surface area contributed by atoms with Crippen LogP contribution in [0.1, 0.15) is 16.7 Å². The van der Waals surface area contributed by atoms with Crippen LogP contribution in [0.4, 0.5) is 5.69 Å². The molecule has 3 rings (SSSR count). The van der Waals surface area contributed by atoms with Gasteiger partial charge in [0.25, 0.3) is 0 Å². The van der Waals surface area contributed by atoms with Crippen molar-refractivity contribution in [3.8, 4) is 5.75 Å². The molecule has 1 aliphatic rings. The summed E-state index contributed by atoms with van der Waals surface area (Å²) in [6.45, 7) is 3.89. The van der Waals surface area contributed by atoms with E-state index >= 15 is 0 Å². The van der Waals surface area contributed by atoms with E-state index in [1.807, 2.05) is 7.05 Å². The third-order valence-corrected chi connectivity index (χ3v) is 4.52. The lowest BCUT2D eigenvalue weighted by atomic mass is 10.1. The Hall–Kier alpha value is -1.76. The zero-order valence-electron chi connectivity index (χ0n) is 15.1. The molecule has 0 amide bonds. The highest BCUT2D eigenvalue weighted by Crippen LogP contribution is 2.27. The number of anilines is 1. The van der Waals surface area contributed by atoms with Gasteiger partial charge in [0.15, 0.2) is 5.96 Å². The van der Waals surface area contributed by atoms with Gasteiger partial charge in [-0.25, -0.2) is 0 Å². The van der Waals surface area contributed by atoms with Crippen molar-refractivity contribution in [3.05, 3.63) is 59.2 Å². The van der Waals surface area contributed by atoms with Crippen LogP contribution in [-0.2, 0) is 12.8 Å². The maximum absolute atomic E-state index is 5.40. The molecule has 1 N–H and O–H groups in total. The molecule has 0 unspecified atom stereocenters. The van der Waals surface area contributed by atoms with Crippen molar-refractivity contribution in [3.63, 3.8) is 0 Å². The summed E-state index contributed by atoms with van der Waals surface area (Å²) in [5.74, 6) is 1.89. The molecule has 1 aliphatic heterocycles. The van der Waals surface area contributed by atoms with Crippen LogP contribution in [-0.4, -0.2) is 33.2 Å². The normalized spacial score (nSPS) is 13.2. The molecule has 2 aromatic carbocycles. The fourth-order valence-electron chi connectivity index (χ4n) is 3.19. The number of hydrogen-bond acceptors (Lipinski definition) is 2. The molecule has 0 saturated carbocycles. The first-order valence-electron chi connectivity index (χ1n) is 8.42. The third-order valence-electron chi connectivity index (χ3n) is 4.52. The van der Waals surface area contributed by atoms with Crippen molar-refractivity contribution in [2.45, 2.75) is 19.8 Å². The Labute approximate surface area is 167 Å². The minimum atomic E-state index is 0. The van der Waals surface area contributed by atoms with Crippen LogP contribution in [0.3, 0.4) is 0 Å². The van der Waals surface area contributed by atoms with Gasteiger partial charge in [-0.05, 0) is 48.6 Å². The van der Waals surface area contributed by atoms with Gasteiger partial charge in [0.05, 0.1) is 7.11 Å². The number of rotatable bonds is 4. The van der Waals surface area contributed by atoms with Crippen molar-refractivity contribution in [2.24, 2.45) is 4.99 Å². The van der Waals surface area contributed by atoms with E-state index in [2.05, 4.69) is 64.6 Å². The lowest BCUT2D eigenvalue weighted by Gasteiger charge is -2.22. The topological polar surface area (TPSA) is 36.9 Å². The second-order valence-corrected chi connectivity index (χ2v) is 6.06. The van der Waals surface area contributed by atoms with Crippen molar-refractivity contribution >= 4 is 35.6 Å². The first-order valence-corrected chi connectivity index (χ1v) is 8.42. The Morgan fingerprint density at radius 2 is 2.04 bits per heavy atom. The van der Waals surface area contributed by atoms with E-state index in [1.165, 1.54) is 22.4 Å². The Morgan fingerprint density at radius 3 is 2.80 bits per heavy atom. The number of nitrogens with one attached hydrogen (secondary N) is 1. The third kappa shape index (κ3) is 4.45. The summed E-state index contributed by atoms with van der Waals surface area (Å²) in [6.07, 6.45) is 2.01. The molecule has 0 spiro atoms. The largest absolute Gasteiger partial charge is 0.496 e. The zero-order valence-corrected chi connectivity index (χ0v) is 17.4. The molecule has 0 aromatic heterocycles. The average molecular weight is 451 g/mol. The maximum atomic E-state index is 5.40. The number of fused-ring (bicyclic) bond motifs is 1. The minimum Gasteiger partial charge on any atom is -0.496 e. The number of guanidine groups is 1. The van der Waals surface area contributed by atoms with Gasteiger partial charge < -0.3 is 15.0 Å². The van der Waals surface area contributed by atoms with Crippen LogP contribution in [0.5, 0.6) is 5.75 Å². The predicted molar refractivity (Wildman–Crippen MR) is 116 cm³/mol. The number of methoxy groups -OCH3 is 1. The van der Waals surface area contributed by atoms with Crippen LogP contribution >= 0.6 is 24.0 Å². The van der Waals surface area contributed by atoms with Gasteiger partial charge >= 0.3 is 0 Å². The molecular formula is C20H26IN3O. The zero-order chi connectivity index (χ0) is 16.9. The highest BCUT2D eigenvalue weighted by Gasteiger charge is 2.22. The van der Waals surface area contributed by atoms with Crippen LogP contribution in [0.25, 0.3) is 0 Å². The molecule has 0 atom stereocenters. The summed E-state index contributed by atoms with van der Waals surface area (Å²) in [5.41, 5.74) is 5.09. The minimum absolute atomic E-state index is 0. The standard InChI is InChI=1S/C20H25N3O.HI/c1-15-8-9-16(14-19(15)24-3)10-12-22-20(21-2)23-13-11-17-6-4-5-7-18(17)23;/h4-9,14H,10-13H2,1-3H3,(H,21,22);1H. The van der Waals surface area contributed by atoms with Gasteiger partial charge in [0.2, 0.25) is 0 Å². The summed E-state index contributed by atoms with van der Waals surface area (Å²) in [5, 5.41) is 3.49. The van der Waals surface area contributed by atoms with Crippen LogP contribution in [0.2, 0.25) is 0 Å². The number of aliphatic imine (C=N–C) groups is 1. The van der Waals surface area contributed by atoms with Crippen molar-refractivity contribution in [2.75, 3.05) is 32.1 Å². The highest BCUT2D eigenvalue weighted by molar-refractivity contribution is 14.0. The maximum Gasteiger partial charge on any atom is 0.198 e. The monoisotopic (exact) mass is 451 g/mol. The van der Waals surface area contributed by atoms with E-state index in [1.54, 1.807) is 7.11 Å². The van der Waals surface area contributed by atoms with Gasteiger partial charge in [-0.2, -0.15) is 0 Å². The van der Waals surface area contributed by atoms with Crippen molar-refractivity contribution in [1.29, 1.82) is 0 Å². The summed E-state index contributed by atoms with van der Waals surface area (Å²) in [7, 11) is 3.56.